The Bertz CT molecular complexity index is 496. The molecule has 0 fully saturated rings. The maximum absolute atomic E-state index is 11.2. The van der Waals surface area contributed by atoms with E-state index in [1.54, 1.807) is 25.1 Å². The second-order valence-corrected chi connectivity index (χ2v) is 3.82. The number of rotatable bonds is 6. The maximum Gasteiger partial charge on any atom is 0.344 e. The number of carbonyl (C=O) groups excluding carboxylic acids is 1. The first-order valence-corrected chi connectivity index (χ1v) is 5.90. The number of carboxylic acid groups (broad SMARTS) is 1. The molecule has 0 radical (unpaired) electrons. The van der Waals surface area contributed by atoms with Gasteiger partial charge >= 0.3 is 11.9 Å². The van der Waals surface area contributed by atoms with E-state index < -0.39 is 11.9 Å². The van der Waals surface area contributed by atoms with Gasteiger partial charge in [0.05, 0.1) is 11.6 Å². The highest BCUT2D eigenvalue weighted by atomic mass is 35.5. The summed E-state index contributed by atoms with van der Waals surface area (Å²) in [5.41, 5.74) is 0.399. The number of carboxylic acids is 1. The van der Waals surface area contributed by atoms with Crippen molar-refractivity contribution in [3.63, 3.8) is 0 Å². The van der Waals surface area contributed by atoms with Crippen LogP contribution in [0.15, 0.2) is 24.3 Å². The van der Waals surface area contributed by atoms with Crippen LogP contribution in [-0.4, -0.2) is 30.3 Å². The number of halogens is 1. The van der Waals surface area contributed by atoms with Gasteiger partial charge in [-0.25, -0.2) is 9.59 Å². The van der Waals surface area contributed by atoms with Gasteiger partial charge in [0.1, 0.15) is 5.75 Å². The van der Waals surface area contributed by atoms with Gasteiger partial charge in [0.25, 0.3) is 0 Å². The van der Waals surface area contributed by atoms with Gasteiger partial charge in [-0.2, -0.15) is 0 Å². The molecule has 0 atom stereocenters. The summed E-state index contributed by atoms with van der Waals surface area (Å²) in [6, 6.07) is 4.83. The second kappa shape index (κ2) is 7.43. The first-order valence-electron chi connectivity index (χ1n) is 5.52. The van der Waals surface area contributed by atoms with Crippen LogP contribution in [-0.2, 0) is 14.3 Å². The lowest BCUT2D eigenvalue weighted by molar-refractivity contribution is -0.145. The zero-order valence-corrected chi connectivity index (χ0v) is 11.0. The van der Waals surface area contributed by atoms with E-state index >= 15 is 0 Å². The van der Waals surface area contributed by atoms with Gasteiger partial charge in [0.15, 0.2) is 6.61 Å². The Hall–Kier alpha value is -2.01. The van der Waals surface area contributed by atoms with Crippen LogP contribution in [0.3, 0.4) is 0 Å². The lowest BCUT2D eigenvalue weighted by atomic mass is 10.2. The van der Waals surface area contributed by atoms with Gasteiger partial charge < -0.3 is 14.6 Å². The molecule has 0 spiro atoms. The van der Waals surface area contributed by atoms with Crippen LogP contribution in [0.5, 0.6) is 5.75 Å². The van der Waals surface area contributed by atoms with E-state index in [-0.39, 0.29) is 13.2 Å². The number of carbonyl (C=O) groups is 2. The Labute approximate surface area is 115 Å². The number of hydrogen-bond acceptors (Lipinski definition) is 4. The van der Waals surface area contributed by atoms with Gasteiger partial charge in [-0.15, -0.1) is 0 Å². The van der Waals surface area contributed by atoms with E-state index in [1.807, 2.05) is 0 Å². The summed E-state index contributed by atoms with van der Waals surface area (Å²) in [6.07, 6.45) is 2.25. The fraction of sp³-hybridized carbons (Fsp3) is 0.231. The predicted octanol–water partition coefficient (Wildman–Crippen LogP) is 2.38. The summed E-state index contributed by atoms with van der Waals surface area (Å²) >= 11 is 5.95. The van der Waals surface area contributed by atoms with E-state index in [4.69, 9.17) is 26.2 Å². The number of benzene rings is 1. The molecule has 19 heavy (non-hydrogen) atoms. The van der Waals surface area contributed by atoms with Gasteiger partial charge in [0, 0.05) is 11.6 Å². The standard InChI is InChI=1S/C13H13ClO5/c1-2-18-13(17)8-19-11-5-3-4-10(14)9(11)6-7-12(15)16/h3-7H,2,8H2,1H3,(H,15,16)/b7-6+. The topological polar surface area (TPSA) is 72.8 Å². The van der Waals surface area contributed by atoms with E-state index in [2.05, 4.69) is 0 Å². The lowest BCUT2D eigenvalue weighted by Gasteiger charge is -2.09. The third kappa shape index (κ3) is 5.01. The molecular weight excluding hydrogens is 272 g/mol. The van der Waals surface area contributed by atoms with Crippen molar-refractivity contribution >= 4 is 29.6 Å². The second-order valence-electron chi connectivity index (χ2n) is 3.42. The third-order valence-electron chi connectivity index (χ3n) is 2.06. The van der Waals surface area contributed by atoms with Crippen LogP contribution in [0.1, 0.15) is 12.5 Å². The fourth-order valence-electron chi connectivity index (χ4n) is 1.30. The molecule has 0 saturated carbocycles. The minimum Gasteiger partial charge on any atom is -0.481 e. The van der Waals surface area contributed by atoms with Crippen LogP contribution in [0.2, 0.25) is 5.02 Å². The van der Waals surface area contributed by atoms with Crippen molar-refractivity contribution in [1.82, 2.24) is 0 Å². The summed E-state index contributed by atoms with van der Waals surface area (Å²) in [7, 11) is 0. The Morgan fingerprint density at radius 1 is 1.42 bits per heavy atom. The van der Waals surface area contributed by atoms with Crippen molar-refractivity contribution in [1.29, 1.82) is 0 Å². The molecule has 6 heteroatoms. The van der Waals surface area contributed by atoms with Gasteiger partial charge in [-0.1, -0.05) is 17.7 Å². The van der Waals surface area contributed by atoms with Crippen LogP contribution in [0.4, 0.5) is 0 Å². The minimum atomic E-state index is -1.10. The number of aliphatic carboxylic acids is 1. The van der Waals surface area contributed by atoms with Gasteiger partial charge in [-0.3, -0.25) is 0 Å². The van der Waals surface area contributed by atoms with E-state index in [0.717, 1.165) is 6.08 Å². The molecule has 0 amide bonds. The molecule has 0 aliphatic heterocycles. The van der Waals surface area contributed by atoms with E-state index in [1.165, 1.54) is 6.08 Å². The number of esters is 1. The number of hydrogen-bond donors (Lipinski definition) is 1. The fourth-order valence-corrected chi connectivity index (χ4v) is 1.53. The summed E-state index contributed by atoms with van der Waals surface area (Å²) < 4.78 is 9.98. The molecule has 0 bridgehead atoms. The molecule has 0 saturated heterocycles. The Morgan fingerprint density at radius 2 is 2.16 bits per heavy atom. The molecule has 1 aromatic carbocycles. The zero-order chi connectivity index (χ0) is 14.3. The molecule has 1 rings (SSSR count). The maximum atomic E-state index is 11.2. The highest BCUT2D eigenvalue weighted by molar-refractivity contribution is 6.32. The van der Waals surface area contributed by atoms with Crippen molar-refractivity contribution in [3.8, 4) is 5.75 Å². The molecule has 0 aromatic heterocycles. The molecule has 0 aliphatic carbocycles. The highest BCUT2D eigenvalue weighted by Gasteiger charge is 2.09. The Morgan fingerprint density at radius 3 is 2.79 bits per heavy atom. The average Bonchev–Trinajstić information content (AvgIpc) is 2.35. The average molecular weight is 285 g/mol. The molecule has 0 aliphatic rings. The summed E-state index contributed by atoms with van der Waals surface area (Å²) in [6.45, 7) is 1.70. The molecule has 0 heterocycles. The van der Waals surface area contributed by atoms with Crippen molar-refractivity contribution in [3.05, 3.63) is 34.9 Å². The van der Waals surface area contributed by atoms with Crippen molar-refractivity contribution in [2.75, 3.05) is 13.2 Å². The molecule has 1 N–H and O–H groups in total. The van der Waals surface area contributed by atoms with Crippen LogP contribution >= 0.6 is 11.6 Å². The molecular formula is C13H13ClO5. The van der Waals surface area contributed by atoms with Crippen LogP contribution in [0, 0.1) is 0 Å². The summed E-state index contributed by atoms with van der Waals surface area (Å²) in [4.78, 5) is 21.7. The monoisotopic (exact) mass is 284 g/mol. The van der Waals surface area contributed by atoms with Crippen LogP contribution in [0.25, 0.3) is 6.08 Å². The predicted molar refractivity (Wildman–Crippen MR) is 70.2 cm³/mol. The van der Waals surface area contributed by atoms with E-state index in [9.17, 15) is 9.59 Å². The molecule has 0 unspecified atom stereocenters. The highest BCUT2D eigenvalue weighted by Crippen LogP contribution is 2.27. The Balaban J connectivity index is 2.85. The van der Waals surface area contributed by atoms with Crippen molar-refractivity contribution in [2.45, 2.75) is 6.92 Å². The summed E-state index contributed by atoms with van der Waals surface area (Å²) in [5, 5.41) is 8.93. The lowest BCUT2D eigenvalue weighted by Crippen LogP contribution is -2.15. The van der Waals surface area contributed by atoms with Crippen LogP contribution < -0.4 is 4.74 Å². The Kier molecular flexibility index (Phi) is 5.89. The first kappa shape index (κ1) is 15.0. The first-order chi connectivity index (χ1) is 9.04. The smallest absolute Gasteiger partial charge is 0.344 e. The zero-order valence-electron chi connectivity index (χ0n) is 10.3. The van der Waals surface area contributed by atoms with Gasteiger partial charge in [0.2, 0.25) is 0 Å². The SMILES string of the molecule is CCOC(=O)COc1cccc(Cl)c1/C=C/C(=O)O. The quantitative estimate of drug-likeness (QED) is 0.641. The molecule has 1 aromatic rings. The van der Waals surface area contributed by atoms with Gasteiger partial charge in [-0.05, 0) is 25.1 Å². The van der Waals surface area contributed by atoms with Crippen molar-refractivity contribution in [2.24, 2.45) is 0 Å². The summed E-state index contributed by atoms with van der Waals surface area (Å²) in [5.74, 6) is -1.29. The normalized spacial score (nSPS) is 10.4. The molecule has 102 valence electrons. The molecule has 5 nitrogen and oxygen atoms in total. The largest absolute Gasteiger partial charge is 0.481 e. The van der Waals surface area contributed by atoms with Crippen molar-refractivity contribution < 1.29 is 24.2 Å². The third-order valence-corrected chi connectivity index (χ3v) is 2.39. The van der Waals surface area contributed by atoms with E-state index in [0.29, 0.717) is 16.3 Å². The minimum absolute atomic E-state index is 0.262. The number of ether oxygens (including phenoxy) is 2.